The van der Waals surface area contributed by atoms with Gasteiger partial charge in [-0.15, -0.1) is 0 Å². The zero-order chi connectivity index (χ0) is 26.9. The van der Waals surface area contributed by atoms with Crippen molar-refractivity contribution < 1.29 is 24.2 Å². The number of carboxylic acids is 1. The number of benzene rings is 2. The number of nitrogens with one attached hydrogen (secondary N) is 1. The van der Waals surface area contributed by atoms with Gasteiger partial charge in [0.15, 0.2) is 0 Å². The summed E-state index contributed by atoms with van der Waals surface area (Å²) in [4.78, 5) is 27.4. The Kier molecular flexibility index (Phi) is 9.91. The summed E-state index contributed by atoms with van der Waals surface area (Å²) in [6.07, 6.45) is 10.9. The minimum atomic E-state index is -1.04. The second kappa shape index (κ2) is 13.5. The number of ether oxygens (including phenoxy) is 2. The molecule has 206 valence electrons. The Morgan fingerprint density at radius 2 is 1.76 bits per heavy atom. The van der Waals surface area contributed by atoms with E-state index in [1.165, 1.54) is 57.4 Å². The first kappa shape index (κ1) is 27.8. The summed E-state index contributed by atoms with van der Waals surface area (Å²) >= 11 is 0. The normalized spacial score (nSPS) is 17.1. The van der Waals surface area contributed by atoms with Crippen LogP contribution in [-0.4, -0.2) is 43.8 Å². The zero-order valence-electron chi connectivity index (χ0n) is 22.8. The molecule has 7 heteroatoms. The molecule has 2 N–H and O–H groups in total. The van der Waals surface area contributed by atoms with Crippen molar-refractivity contribution in [3.05, 3.63) is 53.1 Å². The summed E-state index contributed by atoms with van der Waals surface area (Å²) in [6.45, 7) is 4.20. The maximum atomic E-state index is 13.4. The van der Waals surface area contributed by atoms with Crippen LogP contribution in [0, 0.1) is 5.92 Å². The van der Waals surface area contributed by atoms with E-state index in [0.29, 0.717) is 18.3 Å². The van der Waals surface area contributed by atoms with Crippen LogP contribution >= 0.6 is 0 Å². The van der Waals surface area contributed by atoms with Crippen LogP contribution in [0.25, 0.3) is 0 Å². The predicted octanol–water partition coefficient (Wildman–Crippen LogP) is 6.15. The van der Waals surface area contributed by atoms with Gasteiger partial charge < -0.3 is 24.8 Å². The second-order valence-corrected chi connectivity index (χ2v) is 10.6. The molecule has 0 aromatic heterocycles. The van der Waals surface area contributed by atoms with Crippen LogP contribution in [0.15, 0.2) is 36.4 Å². The van der Waals surface area contributed by atoms with Gasteiger partial charge in [-0.25, -0.2) is 4.79 Å². The second-order valence-electron chi connectivity index (χ2n) is 10.6. The van der Waals surface area contributed by atoms with Crippen LogP contribution in [0.4, 0.5) is 5.69 Å². The smallest absolute Gasteiger partial charge is 0.339 e. The monoisotopic (exact) mass is 522 g/mol. The minimum Gasteiger partial charge on any atom is -0.497 e. The third-order valence-electron chi connectivity index (χ3n) is 7.88. The molecule has 2 aliphatic rings. The van der Waals surface area contributed by atoms with E-state index in [9.17, 15) is 14.7 Å². The van der Waals surface area contributed by atoms with Crippen molar-refractivity contribution in [2.45, 2.75) is 77.2 Å². The number of methoxy groups -OCH3 is 1. The maximum absolute atomic E-state index is 13.4. The van der Waals surface area contributed by atoms with Crippen LogP contribution in [0.3, 0.4) is 0 Å². The summed E-state index contributed by atoms with van der Waals surface area (Å²) < 4.78 is 11.1. The molecule has 2 aromatic rings. The predicted molar refractivity (Wildman–Crippen MR) is 149 cm³/mol. The Morgan fingerprint density at radius 1 is 1.03 bits per heavy atom. The van der Waals surface area contributed by atoms with E-state index < -0.39 is 5.97 Å². The van der Waals surface area contributed by atoms with Gasteiger partial charge in [-0.2, -0.15) is 0 Å². The lowest BCUT2D eigenvalue weighted by Gasteiger charge is -2.34. The van der Waals surface area contributed by atoms with Crippen LogP contribution in [0.5, 0.6) is 11.5 Å². The molecule has 1 aliphatic heterocycles. The molecule has 2 aromatic carbocycles. The standard InChI is InChI=1S/C31H42N2O5/c1-3-38-29-19-23(12-14-26(29)31(35)36)20-30(34)32-27(18-22-10-6-4-7-11-22)25-15-13-24(37-2)21-28(25)33-16-8-5-9-17-33/h12-15,19,21-22,27H,3-11,16-18,20H2,1-2H3,(H,32,34)(H,35,36). The van der Waals surface area contributed by atoms with Gasteiger partial charge in [-0.3, -0.25) is 4.79 Å². The number of aromatic carboxylic acids is 1. The summed E-state index contributed by atoms with van der Waals surface area (Å²) in [5.74, 6) is 0.605. The number of rotatable bonds is 11. The van der Waals surface area contributed by atoms with E-state index in [1.807, 2.05) is 13.0 Å². The Morgan fingerprint density at radius 3 is 2.45 bits per heavy atom. The number of amides is 1. The highest BCUT2D eigenvalue weighted by atomic mass is 16.5. The number of carboxylic acid groups (broad SMARTS) is 1. The summed E-state index contributed by atoms with van der Waals surface area (Å²) in [6, 6.07) is 11.1. The number of nitrogens with zero attached hydrogens (tertiary/aromatic N) is 1. The first-order valence-corrected chi connectivity index (χ1v) is 14.2. The minimum absolute atomic E-state index is 0.0725. The number of piperidine rings is 1. The van der Waals surface area contributed by atoms with Gasteiger partial charge in [0.05, 0.1) is 26.2 Å². The van der Waals surface area contributed by atoms with E-state index in [-0.39, 0.29) is 23.9 Å². The highest BCUT2D eigenvalue weighted by Crippen LogP contribution is 2.38. The van der Waals surface area contributed by atoms with Gasteiger partial charge in [-0.05, 0) is 67.9 Å². The molecule has 7 nitrogen and oxygen atoms in total. The number of hydrogen-bond donors (Lipinski definition) is 2. The molecule has 1 unspecified atom stereocenters. The molecule has 1 saturated carbocycles. The molecule has 1 amide bonds. The van der Waals surface area contributed by atoms with Gasteiger partial charge >= 0.3 is 5.97 Å². The Labute approximate surface area is 226 Å². The van der Waals surface area contributed by atoms with Crippen LogP contribution in [0.1, 0.15) is 92.2 Å². The van der Waals surface area contributed by atoms with Crippen molar-refractivity contribution in [2.75, 3.05) is 31.7 Å². The van der Waals surface area contributed by atoms with E-state index in [1.54, 1.807) is 19.2 Å². The Hall–Kier alpha value is -3.22. The lowest BCUT2D eigenvalue weighted by Crippen LogP contribution is -2.35. The number of carbonyl (C=O) groups is 2. The molecule has 1 heterocycles. The van der Waals surface area contributed by atoms with Crippen LogP contribution in [-0.2, 0) is 11.2 Å². The summed E-state index contributed by atoms with van der Waals surface area (Å²) in [5, 5.41) is 12.8. The molecule has 0 bridgehead atoms. The highest BCUT2D eigenvalue weighted by Gasteiger charge is 2.26. The number of hydrogen-bond acceptors (Lipinski definition) is 5. The first-order chi connectivity index (χ1) is 18.5. The third-order valence-corrected chi connectivity index (χ3v) is 7.88. The molecule has 2 fully saturated rings. The Bertz CT molecular complexity index is 1090. The molecule has 1 saturated heterocycles. The average molecular weight is 523 g/mol. The molecule has 0 radical (unpaired) electrons. The Balaban J connectivity index is 1.59. The summed E-state index contributed by atoms with van der Waals surface area (Å²) in [5.41, 5.74) is 3.16. The fourth-order valence-corrected chi connectivity index (χ4v) is 5.93. The molecule has 1 atom stereocenters. The maximum Gasteiger partial charge on any atom is 0.339 e. The lowest BCUT2D eigenvalue weighted by atomic mass is 9.82. The van der Waals surface area contributed by atoms with Gasteiger partial charge in [-0.1, -0.05) is 44.2 Å². The van der Waals surface area contributed by atoms with Gasteiger partial charge in [0, 0.05) is 24.8 Å². The van der Waals surface area contributed by atoms with Gasteiger partial charge in [0.25, 0.3) is 0 Å². The number of anilines is 1. The average Bonchev–Trinajstić information content (AvgIpc) is 2.93. The van der Waals surface area contributed by atoms with Crippen molar-refractivity contribution >= 4 is 17.6 Å². The van der Waals surface area contributed by atoms with Crippen molar-refractivity contribution in [2.24, 2.45) is 5.92 Å². The van der Waals surface area contributed by atoms with Crippen molar-refractivity contribution in [1.29, 1.82) is 0 Å². The van der Waals surface area contributed by atoms with E-state index in [0.717, 1.165) is 42.1 Å². The van der Waals surface area contributed by atoms with E-state index in [4.69, 9.17) is 9.47 Å². The van der Waals surface area contributed by atoms with Crippen molar-refractivity contribution in [1.82, 2.24) is 5.32 Å². The highest BCUT2D eigenvalue weighted by molar-refractivity contribution is 5.91. The zero-order valence-corrected chi connectivity index (χ0v) is 22.8. The molecule has 38 heavy (non-hydrogen) atoms. The molecule has 0 spiro atoms. The number of carbonyl (C=O) groups excluding carboxylic acids is 1. The van der Waals surface area contributed by atoms with Crippen LogP contribution < -0.4 is 19.7 Å². The molecular formula is C31H42N2O5. The molecule has 1 aliphatic carbocycles. The van der Waals surface area contributed by atoms with E-state index in [2.05, 4.69) is 22.3 Å². The van der Waals surface area contributed by atoms with Crippen molar-refractivity contribution in [3.63, 3.8) is 0 Å². The summed E-state index contributed by atoms with van der Waals surface area (Å²) in [7, 11) is 1.70. The topological polar surface area (TPSA) is 88.1 Å². The van der Waals surface area contributed by atoms with Gasteiger partial charge in [0.1, 0.15) is 17.1 Å². The fraction of sp³-hybridized carbons (Fsp3) is 0.548. The van der Waals surface area contributed by atoms with Crippen molar-refractivity contribution in [3.8, 4) is 11.5 Å². The first-order valence-electron chi connectivity index (χ1n) is 14.2. The lowest BCUT2D eigenvalue weighted by molar-refractivity contribution is -0.121. The molecule has 4 rings (SSSR count). The fourth-order valence-electron chi connectivity index (χ4n) is 5.93. The third kappa shape index (κ3) is 7.21. The largest absolute Gasteiger partial charge is 0.497 e. The van der Waals surface area contributed by atoms with Crippen LogP contribution in [0.2, 0.25) is 0 Å². The molecular weight excluding hydrogens is 480 g/mol. The van der Waals surface area contributed by atoms with Gasteiger partial charge in [0.2, 0.25) is 5.91 Å². The van der Waals surface area contributed by atoms with E-state index >= 15 is 0 Å². The quantitative estimate of drug-likeness (QED) is 0.368. The SMILES string of the molecule is CCOc1cc(CC(=O)NC(CC2CCCCC2)c2ccc(OC)cc2N2CCCCC2)ccc1C(=O)O.